The van der Waals surface area contributed by atoms with Gasteiger partial charge in [0.1, 0.15) is 0 Å². The lowest BCUT2D eigenvalue weighted by Crippen LogP contribution is -2.23. The van der Waals surface area contributed by atoms with Gasteiger partial charge in [-0.2, -0.15) is 0 Å². The van der Waals surface area contributed by atoms with Crippen LogP contribution >= 0.6 is 0 Å². The number of amides is 1. The Labute approximate surface area is 107 Å². The highest BCUT2D eigenvalue weighted by molar-refractivity contribution is 5.92. The van der Waals surface area contributed by atoms with Crippen LogP contribution in [0.1, 0.15) is 31.7 Å². The van der Waals surface area contributed by atoms with Crippen LogP contribution in [0.4, 0.5) is 5.69 Å². The van der Waals surface area contributed by atoms with E-state index in [1.54, 1.807) is 0 Å². The van der Waals surface area contributed by atoms with Gasteiger partial charge in [0.25, 0.3) is 0 Å². The number of benzene rings is 1. The smallest absolute Gasteiger partial charge is 0.303 e. The highest BCUT2D eigenvalue weighted by Gasteiger charge is 2.17. The first-order chi connectivity index (χ1) is 8.52. The molecule has 0 aromatic heterocycles. The van der Waals surface area contributed by atoms with Gasteiger partial charge in [0.2, 0.25) is 5.91 Å². The largest absolute Gasteiger partial charge is 0.481 e. The van der Waals surface area contributed by atoms with Crippen LogP contribution < -0.4 is 5.32 Å². The number of carboxylic acid groups (broad SMARTS) is 1. The highest BCUT2D eigenvalue weighted by atomic mass is 16.4. The molecule has 98 valence electrons. The van der Waals surface area contributed by atoms with Gasteiger partial charge in [0, 0.05) is 18.0 Å². The molecule has 0 fully saturated rings. The second kappa shape index (κ2) is 6.79. The number of aryl methyl sites for hydroxylation is 1. The van der Waals surface area contributed by atoms with Crippen molar-refractivity contribution < 1.29 is 14.7 Å². The number of anilines is 1. The minimum Gasteiger partial charge on any atom is -0.481 e. The predicted molar refractivity (Wildman–Crippen MR) is 70.5 cm³/mol. The molecule has 4 nitrogen and oxygen atoms in total. The van der Waals surface area contributed by atoms with E-state index in [1.165, 1.54) is 0 Å². The van der Waals surface area contributed by atoms with E-state index in [0.717, 1.165) is 11.3 Å². The van der Waals surface area contributed by atoms with Gasteiger partial charge in [-0.05, 0) is 37.5 Å². The number of carbonyl (C=O) groups excluding carboxylic acids is 1. The zero-order valence-electron chi connectivity index (χ0n) is 10.8. The number of aliphatic carboxylic acids is 1. The monoisotopic (exact) mass is 249 g/mol. The standard InChI is InChI=1S/C14H19NO3/c1-3-11(7-8-13(16)17)14(18)15-12-6-4-5-10(2)9-12/h4-6,9,11H,3,7-8H2,1-2H3,(H,15,18)(H,16,17). The lowest BCUT2D eigenvalue weighted by atomic mass is 9.99. The lowest BCUT2D eigenvalue weighted by Gasteiger charge is -2.14. The molecule has 0 bridgehead atoms. The quantitative estimate of drug-likeness (QED) is 0.814. The van der Waals surface area contributed by atoms with E-state index >= 15 is 0 Å². The highest BCUT2D eigenvalue weighted by Crippen LogP contribution is 2.16. The molecule has 0 aliphatic rings. The van der Waals surface area contributed by atoms with Crippen molar-refractivity contribution in [1.82, 2.24) is 0 Å². The first-order valence-electron chi connectivity index (χ1n) is 6.12. The lowest BCUT2D eigenvalue weighted by molar-refractivity contribution is -0.137. The molecule has 0 spiro atoms. The third-order valence-electron chi connectivity index (χ3n) is 2.86. The van der Waals surface area contributed by atoms with Crippen LogP contribution in [-0.2, 0) is 9.59 Å². The maximum absolute atomic E-state index is 12.0. The maximum atomic E-state index is 12.0. The van der Waals surface area contributed by atoms with E-state index in [9.17, 15) is 9.59 Å². The van der Waals surface area contributed by atoms with Crippen LogP contribution in [0, 0.1) is 12.8 Å². The minimum atomic E-state index is -0.864. The molecule has 1 amide bonds. The van der Waals surface area contributed by atoms with Crippen LogP contribution in [0.2, 0.25) is 0 Å². The first kappa shape index (κ1) is 14.2. The summed E-state index contributed by atoms with van der Waals surface area (Å²) < 4.78 is 0. The van der Waals surface area contributed by atoms with Gasteiger partial charge in [-0.15, -0.1) is 0 Å². The number of nitrogens with one attached hydrogen (secondary N) is 1. The Bertz CT molecular complexity index is 429. The molecule has 0 radical (unpaired) electrons. The Hall–Kier alpha value is -1.84. The van der Waals surface area contributed by atoms with Crippen molar-refractivity contribution in [2.24, 2.45) is 5.92 Å². The maximum Gasteiger partial charge on any atom is 0.303 e. The number of rotatable bonds is 6. The molecule has 2 N–H and O–H groups in total. The molecular formula is C14H19NO3. The third-order valence-corrected chi connectivity index (χ3v) is 2.86. The molecule has 4 heteroatoms. The molecule has 1 aromatic carbocycles. The van der Waals surface area contributed by atoms with Crippen LogP contribution in [-0.4, -0.2) is 17.0 Å². The third kappa shape index (κ3) is 4.57. The van der Waals surface area contributed by atoms with Crippen LogP contribution in [0.25, 0.3) is 0 Å². The molecule has 0 saturated carbocycles. The summed E-state index contributed by atoms with van der Waals surface area (Å²) in [5.74, 6) is -1.22. The normalized spacial score (nSPS) is 11.9. The number of hydrogen-bond acceptors (Lipinski definition) is 2. The van der Waals surface area contributed by atoms with E-state index < -0.39 is 5.97 Å². The van der Waals surface area contributed by atoms with E-state index in [-0.39, 0.29) is 18.2 Å². The summed E-state index contributed by atoms with van der Waals surface area (Å²) in [5.41, 5.74) is 1.83. The average Bonchev–Trinajstić information content (AvgIpc) is 2.29. The summed E-state index contributed by atoms with van der Waals surface area (Å²) in [4.78, 5) is 22.5. The summed E-state index contributed by atoms with van der Waals surface area (Å²) in [6, 6.07) is 7.55. The van der Waals surface area contributed by atoms with Gasteiger partial charge >= 0.3 is 5.97 Å². The molecule has 18 heavy (non-hydrogen) atoms. The second-order valence-electron chi connectivity index (χ2n) is 4.40. The topological polar surface area (TPSA) is 66.4 Å². The summed E-state index contributed by atoms with van der Waals surface area (Å²) in [5, 5.41) is 11.5. The van der Waals surface area contributed by atoms with E-state index in [0.29, 0.717) is 12.8 Å². The number of carboxylic acids is 1. The SMILES string of the molecule is CCC(CCC(=O)O)C(=O)Nc1cccc(C)c1. The van der Waals surface area contributed by atoms with Gasteiger partial charge in [-0.1, -0.05) is 19.1 Å². The Morgan fingerprint density at radius 3 is 2.67 bits per heavy atom. The van der Waals surface area contributed by atoms with Crippen molar-refractivity contribution in [3.8, 4) is 0 Å². The first-order valence-corrected chi connectivity index (χ1v) is 6.12. The molecule has 1 unspecified atom stereocenters. The summed E-state index contributed by atoms with van der Waals surface area (Å²) >= 11 is 0. The van der Waals surface area contributed by atoms with Crippen LogP contribution in [0.5, 0.6) is 0 Å². The fourth-order valence-electron chi connectivity index (χ4n) is 1.79. The minimum absolute atomic E-state index is 0.0275. The predicted octanol–water partition coefficient (Wildman–Crippen LogP) is 2.82. The van der Waals surface area contributed by atoms with Gasteiger partial charge in [-0.3, -0.25) is 9.59 Å². The van der Waals surface area contributed by atoms with Crippen molar-refractivity contribution in [3.05, 3.63) is 29.8 Å². The van der Waals surface area contributed by atoms with Crippen molar-refractivity contribution in [2.75, 3.05) is 5.32 Å². The van der Waals surface area contributed by atoms with Gasteiger partial charge in [0.05, 0.1) is 0 Å². The summed E-state index contributed by atoms with van der Waals surface area (Å²) in [7, 11) is 0. The zero-order chi connectivity index (χ0) is 13.5. The molecule has 1 atom stereocenters. The second-order valence-corrected chi connectivity index (χ2v) is 4.40. The van der Waals surface area contributed by atoms with Gasteiger partial charge in [0.15, 0.2) is 0 Å². The van der Waals surface area contributed by atoms with Crippen molar-refractivity contribution >= 4 is 17.6 Å². The molecule has 0 aliphatic heterocycles. The molecule has 0 saturated heterocycles. The summed E-state index contributed by atoms with van der Waals surface area (Å²) in [6.45, 7) is 3.85. The summed E-state index contributed by atoms with van der Waals surface area (Å²) in [6.07, 6.45) is 1.05. The van der Waals surface area contributed by atoms with E-state index in [2.05, 4.69) is 5.32 Å². The van der Waals surface area contributed by atoms with E-state index in [4.69, 9.17) is 5.11 Å². The fourth-order valence-corrected chi connectivity index (χ4v) is 1.79. The van der Waals surface area contributed by atoms with Crippen LogP contribution in [0.3, 0.4) is 0 Å². The van der Waals surface area contributed by atoms with E-state index in [1.807, 2.05) is 38.1 Å². The van der Waals surface area contributed by atoms with Crippen molar-refractivity contribution in [3.63, 3.8) is 0 Å². The van der Waals surface area contributed by atoms with Crippen molar-refractivity contribution in [2.45, 2.75) is 33.1 Å². The molecule has 1 rings (SSSR count). The van der Waals surface area contributed by atoms with Crippen LogP contribution in [0.15, 0.2) is 24.3 Å². The zero-order valence-corrected chi connectivity index (χ0v) is 10.8. The Kier molecular flexibility index (Phi) is 5.36. The number of carbonyl (C=O) groups is 2. The molecular weight excluding hydrogens is 230 g/mol. The number of hydrogen-bond donors (Lipinski definition) is 2. The molecule has 0 aliphatic carbocycles. The van der Waals surface area contributed by atoms with Gasteiger partial charge in [-0.25, -0.2) is 0 Å². The average molecular weight is 249 g/mol. The molecule has 1 aromatic rings. The molecule has 0 heterocycles. The van der Waals surface area contributed by atoms with Crippen molar-refractivity contribution in [1.29, 1.82) is 0 Å². The Morgan fingerprint density at radius 1 is 1.39 bits per heavy atom. The Morgan fingerprint density at radius 2 is 2.11 bits per heavy atom. The fraction of sp³-hybridized carbons (Fsp3) is 0.429. The Balaban J connectivity index is 2.59. The van der Waals surface area contributed by atoms with Gasteiger partial charge < -0.3 is 10.4 Å².